The van der Waals surface area contributed by atoms with E-state index in [1.54, 1.807) is 12.1 Å². The van der Waals surface area contributed by atoms with Crippen molar-refractivity contribution in [3.63, 3.8) is 0 Å². The molecule has 5 heteroatoms. The fraction of sp³-hybridized carbons (Fsp3) is 0.333. The zero-order chi connectivity index (χ0) is 20.4. The molecule has 29 heavy (non-hydrogen) atoms. The van der Waals surface area contributed by atoms with E-state index >= 15 is 0 Å². The summed E-state index contributed by atoms with van der Waals surface area (Å²) in [7, 11) is 0. The van der Waals surface area contributed by atoms with Crippen molar-refractivity contribution in [2.24, 2.45) is 11.8 Å². The first-order valence-corrected chi connectivity index (χ1v) is 11.6. The molecule has 1 N–H and O–H groups in total. The second kappa shape index (κ2) is 9.00. The molecule has 0 unspecified atom stereocenters. The van der Waals surface area contributed by atoms with Gasteiger partial charge in [-0.1, -0.05) is 18.5 Å². The lowest BCUT2D eigenvalue weighted by Gasteiger charge is -2.32. The quantitative estimate of drug-likeness (QED) is 0.376. The molecule has 0 radical (unpaired) electrons. The lowest BCUT2D eigenvalue weighted by atomic mass is 9.73. The highest BCUT2D eigenvalue weighted by atomic mass is 127. The summed E-state index contributed by atoms with van der Waals surface area (Å²) in [4.78, 5) is 17.2. The largest absolute Gasteiger partial charge is 0.326 e. The Bertz CT molecular complexity index is 1010. The Morgan fingerprint density at radius 2 is 1.83 bits per heavy atom. The van der Waals surface area contributed by atoms with E-state index in [-0.39, 0.29) is 11.8 Å². The number of anilines is 1. The smallest absolute Gasteiger partial charge is 0.227 e. The molecule has 1 aromatic heterocycles. The van der Waals surface area contributed by atoms with Gasteiger partial charge in [0.15, 0.2) is 0 Å². The van der Waals surface area contributed by atoms with E-state index in [0.29, 0.717) is 16.9 Å². The van der Waals surface area contributed by atoms with Crippen LogP contribution in [0.25, 0.3) is 10.9 Å². The van der Waals surface area contributed by atoms with Crippen LogP contribution in [0, 0.1) is 15.4 Å². The van der Waals surface area contributed by atoms with E-state index in [2.05, 4.69) is 64.1 Å². The zero-order valence-corrected chi connectivity index (χ0v) is 19.3. The van der Waals surface area contributed by atoms with Gasteiger partial charge in [-0.3, -0.25) is 9.78 Å². The van der Waals surface area contributed by atoms with E-state index in [4.69, 9.17) is 11.6 Å². The van der Waals surface area contributed by atoms with Gasteiger partial charge in [0, 0.05) is 31.8 Å². The number of aromatic nitrogens is 1. The number of hydrogen-bond donors (Lipinski definition) is 1. The van der Waals surface area contributed by atoms with E-state index in [0.717, 1.165) is 36.9 Å². The Labute approximate surface area is 190 Å². The maximum atomic E-state index is 12.7. The molecule has 0 aliphatic heterocycles. The highest BCUT2D eigenvalue weighted by Gasteiger charge is 2.30. The summed E-state index contributed by atoms with van der Waals surface area (Å²) < 4.78 is 1.24. The van der Waals surface area contributed by atoms with Crippen molar-refractivity contribution in [2.75, 3.05) is 5.32 Å². The summed E-state index contributed by atoms with van der Waals surface area (Å²) in [6.07, 6.45) is 6.32. The fourth-order valence-electron chi connectivity index (χ4n) is 4.43. The van der Waals surface area contributed by atoms with Crippen molar-refractivity contribution in [3.8, 4) is 0 Å². The van der Waals surface area contributed by atoms with Crippen LogP contribution in [-0.4, -0.2) is 10.9 Å². The molecular weight excluding hydrogens is 495 g/mol. The molecule has 150 valence electrons. The van der Waals surface area contributed by atoms with E-state index in [9.17, 15) is 4.79 Å². The van der Waals surface area contributed by atoms with Crippen LogP contribution in [0.2, 0.25) is 5.02 Å². The third kappa shape index (κ3) is 4.75. The Hall–Kier alpha value is -1.66. The highest BCUT2D eigenvalue weighted by Crippen LogP contribution is 2.41. The number of hydrogen-bond acceptors (Lipinski definition) is 2. The Morgan fingerprint density at radius 3 is 2.55 bits per heavy atom. The Morgan fingerprint density at radius 1 is 1.10 bits per heavy atom. The summed E-state index contributed by atoms with van der Waals surface area (Å²) in [6, 6.07) is 15.9. The molecule has 1 saturated carbocycles. The number of nitrogens with one attached hydrogen (secondary N) is 1. The number of rotatable bonds is 4. The fourth-order valence-corrected chi connectivity index (χ4v) is 5.05. The molecule has 0 saturated heterocycles. The first-order chi connectivity index (χ1) is 14.0. The lowest BCUT2D eigenvalue weighted by Crippen LogP contribution is -2.29. The van der Waals surface area contributed by atoms with Gasteiger partial charge in [-0.25, -0.2) is 0 Å². The Balaban J connectivity index is 1.41. The minimum Gasteiger partial charge on any atom is -0.326 e. The van der Waals surface area contributed by atoms with Gasteiger partial charge in [0.25, 0.3) is 0 Å². The number of pyridine rings is 1. The number of fused-ring (bicyclic) bond motifs is 1. The van der Waals surface area contributed by atoms with Gasteiger partial charge in [-0.05, 0) is 114 Å². The predicted molar refractivity (Wildman–Crippen MR) is 128 cm³/mol. The lowest BCUT2D eigenvalue weighted by molar-refractivity contribution is -0.121. The first kappa shape index (κ1) is 20.6. The van der Waals surface area contributed by atoms with Crippen LogP contribution in [0.4, 0.5) is 5.69 Å². The SMILES string of the molecule is C[C@H](C(=O)Nc1ccc(Cl)cc1)[C@H]1CC[C@H](c2ccnc3ccc(I)cc32)CC1. The number of benzene rings is 2. The van der Waals surface area contributed by atoms with Crippen LogP contribution in [0.5, 0.6) is 0 Å². The minimum atomic E-state index is 0.00163. The molecule has 4 rings (SSSR count). The number of amides is 1. The maximum absolute atomic E-state index is 12.7. The topological polar surface area (TPSA) is 42.0 Å². The average Bonchev–Trinajstić information content (AvgIpc) is 2.74. The van der Waals surface area contributed by atoms with Gasteiger partial charge in [-0.2, -0.15) is 0 Å². The average molecular weight is 519 g/mol. The highest BCUT2D eigenvalue weighted by molar-refractivity contribution is 14.1. The maximum Gasteiger partial charge on any atom is 0.227 e. The van der Waals surface area contributed by atoms with E-state index in [1.807, 2.05) is 18.3 Å². The molecule has 0 bridgehead atoms. The first-order valence-electron chi connectivity index (χ1n) is 10.1. The third-order valence-corrected chi connectivity index (χ3v) is 7.10. The molecule has 1 heterocycles. The van der Waals surface area contributed by atoms with Crippen molar-refractivity contribution in [1.29, 1.82) is 0 Å². The van der Waals surface area contributed by atoms with Crippen LogP contribution >= 0.6 is 34.2 Å². The molecule has 3 nitrogen and oxygen atoms in total. The molecule has 1 atom stereocenters. The normalized spacial score (nSPS) is 20.4. The van der Waals surface area contributed by atoms with Crippen molar-refractivity contribution in [2.45, 2.75) is 38.5 Å². The molecular formula is C24H24ClIN2O. The second-order valence-corrected chi connectivity index (χ2v) is 9.64. The summed E-state index contributed by atoms with van der Waals surface area (Å²) in [5.74, 6) is 1.06. The molecule has 1 aliphatic rings. The molecule has 1 aliphatic carbocycles. The number of carbonyl (C=O) groups is 1. The zero-order valence-electron chi connectivity index (χ0n) is 16.4. The van der Waals surface area contributed by atoms with Crippen LogP contribution in [0.15, 0.2) is 54.7 Å². The minimum absolute atomic E-state index is 0.00163. The number of carbonyl (C=O) groups excluding carboxylic acids is 1. The molecule has 0 spiro atoms. The van der Waals surface area contributed by atoms with Gasteiger partial charge in [0.2, 0.25) is 5.91 Å². The molecule has 2 aromatic carbocycles. The second-order valence-electron chi connectivity index (χ2n) is 7.96. The van der Waals surface area contributed by atoms with Gasteiger partial charge in [0.1, 0.15) is 0 Å². The Kier molecular flexibility index (Phi) is 6.40. The standard InChI is InChI=1S/C24H24ClIN2O/c1-15(24(29)28-20-9-6-18(25)7-10-20)16-2-4-17(5-3-16)21-12-13-27-23-11-8-19(26)14-22(21)23/h6-17H,2-5H2,1H3,(H,28,29)/t15-,16-,17-/m0/s1. The monoisotopic (exact) mass is 518 g/mol. The van der Waals surface area contributed by atoms with Crippen molar-refractivity contribution in [3.05, 3.63) is 68.9 Å². The predicted octanol–water partition coefficient (Wildman–Crippen LogP) is 7.04. The van der Waals surface area contributed by atoms with Gasteiger partial charge < -0.3 is 5.32 Å². The summed E-state index contributed by atoms with van der Waals surface area (Å²) >= 11 is 8.29. The third-order valence-electron chi connectivity index (χ3n) is 6.18. The van der Waals surface area contributed by atoms with Crippen molar-refractivity contribution >= 4 is 56.7 Å². The molecule has 1 amide bonds. The van der Waals surface area contributed by atoms with Crippen molar-refractivity contribution in [1.82, 2.24) is 4.98 Å². The summed E-state index contributed by atoms with van der Waals surface area (Å²) in [6.45, 7) is 2.06. The van der Waals surface area contributed by atoms with Gasteiger partial charge >= 0.3 is 0 Å². The van der Waals surface area contributed by atoms with E-state index < -0.39 is 0 Å². The van der Waals surface area contributed by atoms with Gasteiger partial charge in [0.05, 0.1) is 5.52 Å². The summed E-state index contributed by atoms with van der Waals surface area (Å²) in [5, 5.41) is 4.98. The summed E-state index contributed by atoms with van der Waals surface area (Å²) in [5.41, 5.74) is 3.28. The molecule has 3 aromatic rings. The van der Waals surface area contributed by atoms with Crippen LogP contribution in [0.1, 0.15) is 44.1 Å². The number of nitrogens with zero attached hydrogens (tertiary/aromatic N) is 1. The van der Waals surface area contributed by atoms with Crippen LogP contribution in [0.3, 0.4) is 0 Å². The van der Waals surface area contributed by atoms with Crippen LogP contribution in [-0.2, 0) is 4.79 Å². The van der Waals surface area contributed by atoms with Crippen LogP contribution < -0.4 is 5.32 Å². The molecule has 1 fully saturated rings. The van der Waals surface area contributed by atoms with Gasteiger partial charge in [-0.15, -0.1) is 0 Å². The van der Waals surface area contributed by atoms with Crippen molar-refractivity contribution < 1.29 is 4.79 Å². The number of halogens is 2. The van der Waals surface area contributed by atoms with E-state index in [1.165, 1.54) is 14.5 Å².